The minimum Gasteiger partial charge on any atom is -0.394 e. The highest BCUT2D eigenvalue weighted by Gasteiger charge is 2.23. The van der Waals surface area contributed by atoms with Crippen molar-refractivity contribution in [3.63, 3.8) is 0 Å². The van der Waals surface area contributed by atoms with E-state index >= 15 is 0 Å². The van der Waals surface area contributed by atoms with Crippen LogP contribution in [0.5, 0.6) is 0 Å². The van der Waals surface area contributed by atoms with Gasteiger partial charge in [-0.05, 0) is 0 Å². The summed E-state index contributed by atoms with van der Waals surface area (Å²) in [5, 5.41) is 35.7. The van der Waals surface area contributed by atoms with Gasteiger partial charge in [0.1, 0.15) is 18.3 Å². The molecular formula is C8H16O5. The predicted molar refractivity (Wildman–Crippen MR) is 46.1 cm³/mol. The summed E-state index contributed by atoms with van der Waals surface area (Å²) in [6.07, 6.45) is -2.44. The molecule has 0 amide bonds. The fourth-order valence-electron chi connectivity index (χ4n) is 0.735. The van der Waals surface area contributed by atoms with Gasteiger partial charge in [-0.1, -0.05) is 6.08 Å². The summed E-state index contributed by atoms with van der Waals surface area (Å²) >= 11 is 0. The summed E-state index contributed by atoms with van der Waals surface area (Å²) in [6, 6.07) is 0. The lowest BCUT2D eigenvalue weighted by Crippen LogP contribution is -2.41. The van der Waals surface area contributed by atoms with Gasteiger partial charge in [-0.15, -0.1) is 6.58 Å². The molecule has 0 aliphatic rings. The van der Waals surface area contributed by atoms with E-state index in [1.54, 1.807) is 0 Å². The zero-order valence-electron chi connectivity index (χ0n) is 7.33. The van der Waals surface area contributed by atoms with Crippen molar-refractivity contribution in [3.8, 4) is 0 Å². The third-order valence-electron chi connectivity index (χ3n) is 1.50. The van der Waals surface area contributed by atoms with Crippen molar-refractivity contribution in [1.29, 1.82) is 0 Å². The highest BCUT2D eigenvalue weighted by atomic mass is 16.5. The van der Waals surface area contributed by atoms with E-state index in [4.69, 9.17) is 25.2 Å². The third-order valence-corrected chi connectivity index (χ3v) is 1.50. The second kappa shape index (κ2) is 6.99. The van der Waals surface area contributed by atoms with Gasteiger partial charge in [-0.25, -0.2) is 0 Å². The molecule has 0 heterocycles. The van der Waals surface area contributed by atoms with Crippen molar-refractivity contribution >= 4 is 0 Å². The van der Waals surface area contributed by atoms with Crippen LogP contribution in [0.1, 0.15) is 0 Å². The molecule has 0 saturated carbocycles. The maximum absolute atomic E-state index is 9.17. The zero-order valence-corrected chi connectivity index (χ0v) is 7.33. The summed E-state index contributed by atoms with van der Waals surface area (Å²) in [5.74, 6) is 0. The molecule has 0 spiro atoms. The fourth-order valence-corrected chi connectivity index (χ4v) is 0.735. The topological polar surface area (TPSA) is 90.2 Å². The van der Waals surface area contributed by atoms with Gasteiger partial charge in [-0.2, -0.15) is 0 Å². The van der Waals surface area contributed by atoms with Crippen LogP contribution in [0.2, 0.25) is 0 Å². The van der Waals surface area contributed by atoms with Gasteiger partial charge in [0, 0.05) is 0 Å². The Morgan fingerprint density at radius 3 is 2.31 bits per heavy atom. The first-order valence-corrected chi connectivity index (χ1v) is 3.97. The van der Waals surface area contributed by atoms with E-state index in [1.807, 2.05) is 0 Å². The number of rotatable bonds is 7. The first-order valence-electron chi connectivity index (χ1n) is 3.97. The summed E-state index contributed by atoms with van der Waals surface area (Å²) in [7, 11) is 0. The Morgan fingerprint density at radius 1 is 1.23 bits per heavy atom. The molecule has 0 aromatic rings. The molecule has 0 fully saturated rings. The van der Waals surface area contributed by atoms with E-state index in [2.05, 4.69) is 6.58 Å². The van der Waals surface area contributed by atoms with Crippen LogP contribution in [0, 0.1) is 0 Å². The summed E-state index contributed by atoms with van der Waals surface area (Å²) < 4.78 is 4.84. The van der Waals surface area contributed by atoms with Gasteiger partial charge in [0.05, 0.1) is 19.8 Å². The Kier molecular flexibility index (Phi) is 6.75. The summed E-state index contributed by atoms with van der Waals surface area (Å²) in [6.45, 7) is 2.95. The van der Waals surface area contributed by atoms with Crippen molar-refractivity contribution in [2.45, 2.75) is 18.3 Å². The van der Waals surface area contributed by atoms with Crippen LogP contribution in [0.4, 0.5) is 0 Å². The Morgan fingerprint density at radius 2 is 1.85 bits per heavy atom. The minimum atomic E-state index is -1.39. The van der Waals surface area contributed by atoms with Crippen LogP contribution < -0.4 is 0 Å². The lowest BCUT2D eigenvalue weighted by Gasteiger charge is -2.20. The molecule has 3 atom stereocenters. The van der Waals surface area contributed by atoms with E-state index in [0.29, 0.717) is 0 Å². The monoisotopic (exact) mass is 192 g/mol. The maximum atomic E-state index is 9.17. The van der Waals surface area contributed by atoms with Crippen LogP contribution in [0.15, 0.2) is 12.7 Å². The number of ether oxygens (including phenoxy) is 1. The molecule has 0 aliphatic heterocycles. The Labute approximate surface area is 76.9 Å². The second-order valence-corrected chi connectivity index (χ2v) is 2.63. The van der Waals surface area contributed by atoms with E-state index in [1.165, 1.54) is 6.08 Å². The molecule has 78 valence electrons. The van der Waals surface area contributed by atoms with Crippen molar-refractivity contribution in [2.75, 3.05) is 19.8 Å². The normalized spacial score (nSPS) is 17.8. The highest BCUT2D eigenvalue weighted by molar-refractivity contribution is 4.74. The maximum Gasteiger partial charge on any atom is 0.110 e. The molecule has 0 radical (unpaired) electrons. The van der Waals surface area contributed by atoms with E-state index < -0.39 is 24.9 Å². The standard InChI is InChI=1S/C8H16O5/c1-2-3-13-5-7(11)8(12)6(10)4-9/h2,6-12H,1,3-5H2/t6-,7+,8+/m1/s1. The first-order chi connectivity index (χ1) is 6.13. The van der Waals surface area contributed by atoms with E-state index in [0.717, 1.165) is 0 Å². The Hall–Kier alpha value is -0.460. The molecule has 0 aromatic carbocycles. The molecule has 13 heavy (non-hydrogen) atoms. The molecule has 5 heteroatoms. The molecule has 5 nitrogen and oxygen atoms in total. The largest absolute Gasteiger partial charge is 0.394 e. The Bertz CT molecular complexity index is 138. The quantitative estimate of drug-likeness (QED) is 0.284. The number of hydrogen-bond donors (Lipinski definition) is 4. The average molecular weight is 192 g/mol. The summed E-state index contributed by atoms with van der Waals surface area (Å²) in [5.41, 5.74) is 0. The third kappa shape index (κ3) is 4.97. The lowest BCUT2D eigenvalue weighted by atomic mass is 10.1. The van der Waals surface area contributed by atoms with Crippen molar-refractivity contribution < 1.29 is 25.2 Å². The van der Waals surface area contributed by atoms with Crippen LogP contribution in [-0.4, -0.2) is 58.6 Å². The van der Waals surface area contributed by atoms with Gasteiger partial charge in [0.25, 0.3) is 0 Å². The molecule has 0 rings (SSSR count). The van der Waals surface area contributed by atoms with Crippen LogP contribution in [-0.2, 0) is 4.74 Å². The van der Waals surface area contributed by atoms with E-state index in [9.17, 15) is 0 Å². The van der Waals surface area contributed by atoms with Crippen LogP contribution >= 0.6 is 0 Å². The van der Waals surface area contributed by atoms with Gasteiger partial charge in [-0.3, -0.25) is 0 Å². The average Bonchev–Trinajstić information content (AvgIpc) is 2.15. The number of aliphatic hydroxyl groups excluding tert-OH is 4. The number of aliphatic hydroxyl groups is 4. The zero-order chi connectivity index (χ0) is 10.3. The fraction of sp³-hybridized carbons (Fsp3) is 0.750. The van der Waals surface area contributed by atoms with Gasteiger partial charge < -0.3 is 25.2 Å². The molecule has 4 N–H and O–H groups in total. The van der Waals surface area contributed by atoms with E-state index in [-0.39, 0.29) is 13.2 Å². The van der Waals surface area contributed by atoms with Gasteiger partial charge >= 0.3 is 0 Å². The Balaban J connectivity index is 3.67. The molecular weight excluding hydrogens is 176 g/mol. The van der Waals surface area contributed by atoms with Crippen LogP contribution in [0.3, 0.4) is 0 Å². The SMILES string of the molecule is C=CCOC[C@H](O)[C@@H](O)[C@H](O)CO. The molecule has 0 unspecified atom stereocenters. The van der Waals surface area contributed by atoms with Crippen molar-refractivity contribution in [3.05, 3.63) is 12.7 Å². The lowest BCUT2D eigenvalue weighted by molar-refractivity contribution is -0.0974. The second-order valence-electron chi connectivity index (χ2n) is 2.63. The smallest absolute Gasteiger partial charge is 0.110 e. The summed E-state index contributed by atoms with van der Waals surface area (Å²) in [4.78, 5) is 0. The predicted octanol–water partition coefficient (Wildman–Crippen LogP) is -1.74. The van der Waals surface area contributed by atoms with Gasteiger partial charge in [0.2, 0.25) is 0 Å². The first kappa shape index (κ1) is 12.5. The number of hydrogen-bond acceptors (Lipinski definition) is 5. The highest BCUT2D eigenvalue weighted by Crippen LogP contribution is 2.00. The van der Waals surface area contributed by atoms with Crippen molar-refractivity contribution in [2.24, 2.45) is 0 Å². The molecule has 0 aliphatic carbocycles. The molecule has 0 aromatic heterocycles. The molecule has 0 saturated heterocycles. The van der Waals surface area contributed by atoms with Gasteiger partial charge in [0.15, 0.2) is 0 Å². The minimum absolute atomic E-state index is 0.107. The molecule has 0 bridgehead atoms. The van der Waals surface area contributed by atoms with Crippen LogP contribution in [0.25, 0.3) is 0 Å². The van der Waals surface area contributed by atoms with Crippen molar-refractivity contribution in [1.82, 2.24) is 0 Å².